The summed E-state index contributed by atoms with van der Waals surface area (Å²) >= 11 is 1.73. The first-order valence-electron chi connectivity index (χ1n) is 6.71. The topological polar surface area (TPSA) is 38.5 Å². The Morgan fingerprint density at radius 3 is 2.70 bits per heavy atom. The van der Waals surface area contributed by atoms with Gasteiger partial charge in [-0.2, -0.15) is 11.3 Å². The van der Waals surface area contributed by atoms with Gasteiger partial charge in [0.25, 0.3) is 0 Å². The number of likely N-dealkylation sites (N-methyl/N-ethyl adjacent to an activating group) is 1. The van der Waals surface area contributed by atoms with E-state index < -0.39 is 0 Å². The number of nitrogens with two attached hydrogens (primary N) is 1. The van der Waals surface area contributed by atoms with Crippen LogP contribution < -0.4 is 10.5 Å². The van der Waals surface area contributed by atoms with E-state index >= 15 is 0 Å². The Kier molecular flexibility index (Phi) is 5.17. The Labute approximate surface area is 125 Å². The van der Waals surface area contributed by atoms with Gasteiger partial charge in [-0.3, -0.25) is 4.90 Å². The highest BCUT2D eigenvalue weighted by atomic mass is 32.1. The van der Waals surface area contributed by atoms with Gasteiger partial charge in [0.15, 0.2) is 0 Å². The van der Waals surface area contributed by atoms with Crippen molar-refractivity contribution in [3.05, 3.63) is 51.7 Å². The fraction of sp³-hybridized carbons (Fsp3) is 0.375. The molecule has 1 unspecified atom stereocenters. The van der Waals surface area contributed by atoms with E-state index in [2.05, 4.69) is 47.8 Å². The number of thiophene rings is 1. The standard InChI is InChI=1S/C16H22N2OS/c1-12-8-14(4-5-16(12)19-3)15(9-17)18(2)10-13-6-7-20-11-13/h4-8,11,15H,9-10,17H2,1-3H3. The minimum Gasteiger partial charge on any atom is -0.496 e. The molecule has 2 rings (SSSR count). The lowest BCUT2D eigenvalue weighted by atomic mass is 10.0. The molecule has 0 fully saturated rings. The molecule has 3 nitrogen and oxygen atoms in total. The van der Waals surface area contributed by atoms with Gasteiger partial charge < -0.3 is 10.5 Å². The summed E-state index contributed by atoms with van der Waals surface area (Å²) in [7, 11) is 3.82. The molecule has 1 aromatic carbocycles. The van der Waals surface area contributed by atoms with E-state index in [0.717, 1.165) is 17.9 Å². The Morgan fingerprint density at radius 1 is 1.35 bits per heavy atom. The van der Waals surface area contributed by atoms with Crippen LogP contribution in [0.25, 0.3) is 0 Å². The predicted octanol–water partition coefficient (Wildman–Crippen LogP) is 3.20. The third-order valence-electron chi connectivity index (χ3n) is 3.57. The van der Waals surface area contributed by atoms with Crippen molar-refractivity contribution in [1.29, 1.82) is 0 Å². The van der Waals surface area contributed by atoms with E-state index in [1.807, 2.05) is 6.07 Å². The van der Waals surface area contributed by atoms with Gasteiger partial charge in [0.2, 0.25) is 0 Å². The molecule has 108 valence electrons. The van der Waals surface area contributed by atoms with Crippen LogP contribution in [0.3, 0.4) is 0 Å². The van der Waals surface area contributed by atoms with Crippen molar-refractivity contribution in [2.75, 3.05) is 20.7 Å². The summed E-state index contributed by atoms with van der Waals surface area (Å²) in [5.74, 6) is 0.921. The molecule has 0 saturated heterocycles. The molecule has 2 aromatic rings. The van der Waals surface area contributed by atoms with Crippen molar-refractivity contribution in [3.63, 3.8) is 0 Å². The maximum Gasteiger partial charge on any atom is 0.121 e. The molecule has 4 heteroatoms. The molecule has 2 N–H and O–H groups in total. The fourth-order valence-corrected chi connectivity index (χ4v) is 3.12. The third kappa shape index (κ3) is 3.39. The molecule has 1 heterocycles. The molecule has 1 aromatic heterocycles. The lowest BCUT2D eigenvalue weighted by molar-refractivity contribution is 0.242. The van der Waals surface area contributed by atoms with E-state index in [4.69, 9.17) is 10.5 Å². The molecule has 20 heavy (non-hydrogen) atoms. The zero-order valence-corrected chi connectivity index (χ0v) is 13.1. The summed E-state index contributed by atoms with van der Waals surface area (Å²) in [5.41, 5.74) is 9.70. The first kappa shape index (κ1) is 15.0. The highest BCUT2D eigenvalue weighted by Crippen LogP contribution is 2.26. The quantitative estimate of drug-likeness (QED) is 0.888. The van der Waals surface area contributed by atoms with Gasteiger partial charge in [0.1, 0.15) is 5.75 Å². The number of nitrogens with zero attached hydrogens (tertiary/aromatic N) is 1. The fourth-order valence-electron chi connectivity index (χ4n) is 2.46. The van der Waals surface area contributed by atoms with E-state index in [-0.39, 0.29) is 6.04 Å². The van der Waals surface area contributed by atoms with Crippen molar-refractivity contribution in [2.45, 2.75) is 19.5 Å². The highest BCUT2D eigenvalue weighted by Gasteiger charge is 2.16. The smallest absolute Gasteiger partial charge is 0.121 e. The Bertz CT molecular complexity index is 539. The average Bonchev–Trinajstić information content (AvgIpc) is 2.92. The largest absolute Gasteiger partial charge is 0.496 e. The summed E-state index contributed by atoms with van der Waals surface area (Å²) in [6.07, 6.45) is 0. The molecule has 0 spiro atoms. The van der Waals surface area contributed by atoms with Gasteiger partial charge in [-0.15, -0.1) is 0 Å². The number of hydrogen-bond acceptors (Lipinski definition) is 4. The normalized spacial score (nSPS) is 12.7. The third-order valence-corrected chi connectivity index (χ3v) is 4.30. The van der Waals surface area contributed by atoms with Crippen molar-refractivity contribution < 1.29 is 4.74 Å². The van der Waals surface area contributed by atoms with Gasteiger partial charge in [0.05, 0.1) is 7.11 Å². The second-order valence-electron chi connectivity index (χ2n) is 5.03. The summed E-state index contributed by atoms with van der Waals surface area (Å²) in [4.78, 5) is 2.29. The summed E-state index contributed by atoms with van der Waals surface area (Å²) in [6, 6.07) is 8.67. The van der Waals surface area contributed by atoms with Gasteiger partial charge in [-0.1, -0.05) is 12.1 Å². The number of benzene rings is 1. The van der Waals surface area contributed by atoms with Crippen molar-refractivity contribution in [1.82, 2.24) is 4.90 Å². The van der Waals surface area contributed by atoms with Gasteiger partial charge >= 0.3 is 0 Å². The first-order chi connectivity index (χ1) is 9.65. The van der Waals surface area contributed by atoms with Gasteiger partial charge in [0, 0.05) is 19.1 Å². The van der Waals surface area contributed by atoms with Crippen molar-refractivity contribution >= 4 is 11.3 Å². The molecule has 0 amide bonds. The van der Waals surface area contributed by atoms with E-state index in [1.165, 1.54) is 11.1 Å². The average molecular weight is 290 g/mol. The Hall–Kier alpha value is -1.36. The summed E-state index contributed by atoms with van der Waals surface area (Å²) in [5, 5.41) is 4.29. The van der Waals surface area contributed by atoms with Crippen LogP contribution >= 0.6 is 11.3 Å². The molecule has 0 radical (unpaired) electrons. The van der Waals surface area contributed by atoms with Crippen LogP contribution in [0.4, 0.5) is 0 Å². The van der Waals surface area contributed by atoms with Crippen LogP contribution in [0.1, 0.15) is 22.7 Å². The second kappa shape index (κ2) is 6.88. The predicted molar refractivity (Wildman–Crippen MR) is 85.3 cm³/mol. The molecule has 0 bridgehead atoms. The monoisotopic (exact) mass is 290 g/mol. The van der Waals surface area contributed by atoms with Crippen LogP contribution in [0, 0.1) is 6.92 Å². The Balaban J connectivity index is 2.16. The van der Waals surface area contributed by atoms with Crippen LogP contribution in [0.2, 0.25) is 0 Å². The van der Waals surface area contributed by atoms with Crippen molar-refractivity contribution in [3.8, 4) is 5.75 Å². The lowest BCUT2D eigenvalue weighted by Gasteiger charge is -2.27. The number of methoxy groups -OCH3 is 1. The molecule has 0 aliphatic carbocycles. The number of ether oxygens (including phenoxy) is 1. The summed E-state index contributed by atoms with van der Waals surface area (Å²) < 4.78 is 5.32. The molecule has 0 aliphatic rings. The molecule has 1 atom stereocenters. The summed E-state index contributed by atoms with van der Waals surface area (Å²) in [6.45, 7) is 3.58. The maximum absolute atomic E-state index is 5.98. The van der Waals surface area contributed by atoms with Gasteiger partial charge in [-0.05, 0) is 53.6 Å². The molecule has 0 aliphatic heterocycles. The van der Waals surface area contributed by atoms with Crippen LogP contribution in [0.15, 0.2) is 35.0 Å². The van der Waals surface area contributed by atoms with E-state index in [0.29, 0.717) is 6.54 Å². The van der Waals surface area contributed by atoms with E-state index in [1.54, 1.807) is 18.4 Å². The van der Waals surface area contributed by atoms with Crippen molar-refractivity contribution in [2.24, 2.45) is 5.73 Å². The second-order valence-corrected chi connectivity index (χ2v) is 5.81. The van der Waals surface area contributed by atoms with Crippen LogP contribution in [-0.4, -0.2) is 25.6 Å². The van der Waals surface area contributed by atoms with Gasteiger partial charge in [-0.25, -0.2) is 0 Å². The maximum atomic E-state index is 5.98. The zero-order chi connectivity index (χ0) is 14.5. The molecular weight excluding hydrogens is 268 g/mol. The number of aryl methyl sites for hydroxylation is 1. The van der Waals surface area contributed by atoms with Crippen LogP contribution in [0.5, 0.6) is 5.75 Å². The minimum absolute atomic E-state index is 0.222. The highest BCUT2D eigenvalue weighted by molar-refractivity contribution is 7.07. The SMILES string of the molecule is COc1ccc(C(CN)N(C)Cc2ccsc2)cc1C. The first-order valence-corrected chi connectivity index (χ1v) is 7.66. The van der Waals surface area contributed by atoms with Crippen LogP contribution in [-0.2, 0) is 6.54 Å². The number of hydrogen-bond donors (Lipinski definition) is 1. The molecular formula is C16H22N2OS. The van der Waals surface area contributed by atoms with E-state index in [9.17, 15) is 0 Å². The zero-order valence-electron chi connectivity index (χ0n) is 12.3. The minimum atomic E-state index is 0.222. The number of rotatable bonds is 6. The Morgan fingerprint density at radius 2 is 2.15 bits per heavy atom. The lowest BCUT2D eigenvalue weighted by Crippen LogP contribution is -2.30. The molecule has 0 saturated carbocycles.